The molecular weight excluding hydrogens is 188 g/mol. The number of hydrogen-bond acceptors (Lipinski definition) is 2. The highest BCUT2D eigenvalue weighted by Crippen LogP contribution is 2.03. The summed E-state index contributed by atoms with van der Waals surface area (Å²) in [5.74, 6) is 0.661. The van der Waals surface area contributed by atoms with Crippen LogP contribution in [0.1, 0.15) is 11.1 Å². The predicted octanol–water partition coefficient (Wildman–Crippen LogP) is 1.85. The Hall–Kier alpha value is -1.90. The lowest BCUT2D eigenvalue weighted by molar-refractivity contribution is 0.928. The fraction of sp³-hybridized carbons (Fsp3) is 0.167. The second-order valence-corrected chi connectivity index (χ2v) is 3.61. The zero-order chi connectivity index (χ0) is 10.8. The molecule has 2 aromatic heterocycles. The number of pyridine rings is 2. The van der Waals surface area contributed by atoms with Crippen molar-refractivity contribution in [3.05, 3.63) is 58.1 Å². The van der Waals surface area contributed by atoms with Crippen LogP contribution in [0.2, 0.25) is 0 Å². The van der Waals surface area contributed by atoms with Gasteiger partial charge in [-0.15, -0.1) is 0 Å². The third-order valence-corrected chi connectivity index (χ3v) is 2.20. The molecule has 0 unspecified atom stereocenters. The molecule has 0 spiro atoms. The molecule has 0 N–H and O–H groups in total. The summed E-state index contributed by atoms with van der Waals surface area (Å²) in [5, 5.41) is 0. The summed E-state index contributed by atoms with van der Waals surface area (Å²) in [6.45, 7) is 3.92. The fourth-order valence-corrected chi connectivity index (χ4v) is 1.37. The Morgan fingerprint density at radius 2 is 1.80 bits per heavy atom. The predicted molar refractivity (Wildman–Crippen MR) is 59.3 cm³/mol. The van der Waals surface area contributed by atoms with Crippen LogP contribution in [0.15, 0.2) is 41.5 Å². The van der Waals surface area contributed by atoms with Crippen molar-refractivity contribution in [2.24, 2.45) is 0 Å². The zero-order valence-electron chi connectivity index (χ0n) is 8.77. The van der Waals surface area contributed by atoms with E-state index >= 15 is 0 Å². The lowest BCUT2D eigenvalue weighted by Crippen LogP contribution is -2.17. The largest absolute Gasteiger partial charge is 0.269 e. The van der Waals surface area contributed by atoms with Crippen LogP contribution in [-0.2, 0) is 0 Å². The molecule has 2 heterocycles. The van der Waals surface area contributed by atoms with Gasteiger partial charge in [-0.05, 0) is 31.0 Å². The topological polar surface area (TPSA) is 34.9 Å². The van der Waals surface area contributed by atoms with Crippen LogP contribution in [0.25, 0.3) is 5.82 Å². The number of hydrogen-bond donors (Lipinski definition) is 0. The Labute approximate surface area is 88.0 Å². The molecule has 0 amide bonds. The van der Waals surface area contributed by atoms with Crippen molar-refractivity contribution in [1.82, 2.24) is 9.55 Å². The molecule has 3 heteroatoms. The molecule has 0 aliphatic heterocycles. The molecule has 0 aliphatic carbocycles. The van der Waals surface area contributed by atoms with Crippen molar-refractivity contribution in [2.45, 2.75) is 13.8 Å². The highest BCUT2D eigenvalue weighted by Gasteiger charge is 1.99. The van der Waals surface area contributed by atoms with E-state index in [1.807, 2.05) is 26.0 Å². The first kappa shape index (κ1) is 9.65. The van der Waals surface area contributed by atoms with Gasteiger partial charge in [0.15, 0.2) is 0 Å². The molecule has 2 rings (SSSR count). The summed E-state index contributed by atoms with van der Waals surface area (Å²) in [5.41, 5.74) is 2.06. The Bertz CT molecular complexity index is 526. The summed E-state index contributed by atoms with van der Waals surface area (Å²) in [6.07, 6.45) is 3.55. The number of aromatic nitrogens is 2. The lowest BCUT2D eigenvalue weighted by Gasteiger charge is -2.05. The van der Waals surface area contributed by atoms with Gasteiger partial charge in [0.25, 0.3) is 5.56 Å². The van der Waals surface area contributed by atoms with E-state index in [-0.39, 0.29) is 5.56 Å². The SMILES string of the molecule is Cc1ccc(-n2cc(C)ccc2=O)nc1. The van der Waals surface area contributed by atoms with E-state index in [9.17, 15) is 4.79 Å². The maximum Gasteiger partial charge on any atom is 0.256 e. The smallest absolute Gasteiger partial charge is 0.256 e. The van der Waals surface area contributed by atoms with Crippen LogP contribution in [0, 0.1) is 13.8 Å². The quantitative estimate of drug-likeness (QED) is 0.704. The van der Waals surface area contributed by atoms with Crippen LogP contribution in [0.4, 0.5) is 0 Å². The summed E-state index contributed by atoms with van der Waals surface area (Å²) in [4.78, 5) is 15.8. The van der Waals surface area contributed by atoms with E-state index in [4.69, 9.17) is 0 Å². The summed E-state index contributed by atoms with van der Waals surface area (Å²) >= 11 is 0. The van der Waals surface area contributed by atoms with Gasteiger partial charge in [-0.2, -0.15) is 0 Å². The van der Waals surface area contributed by atoms with Gasteiger partial charge in [0.1, 0.15) is 5.82 Å². The first-order valence-corrected chi connectivity index (χ1v) is 4.79. The molecule has 0 saturated heterocycles. The lowest BCUT2D eigenvalue weighted by atomic mass is 10.3. The average Bonchev–Trinajstić information content (AvgIpc) is 2.23. The second-order valence-electron chi connectivity index (χ2n) is 3.61. The molecule has 0 fully saturated rings. The number of rotatable bonds is 1. The molecule has 0 radical (unpaired) electrons. The Balaban J connectivity index is 2.58. The molecule has 15 heavy (non-hydrogen) atoms. The first-order chi connectivity index (χ1) is 7.16. The third kappa shape index (κ3) is 1.96. The van der Waals surface area contributed by atoms with E-state index in [1.54, 1.807) is 29.1 Å². The molecule has 0 bridgehead atoms. The van der Waals surface area contributed by atoms with Crippen molar-refractivity contribution in [2.75, 3.05) is 0 Å². The summed E-state index contributed by atoms with van der Waals surface area (Å²) < 4.78 is 1.55. The first-order valence-electron chi connectivity index (χ1n) is 4.79. The Morgan fingerprint density at radius 1 is 1.07 bits per heavy atom. The average molecular weight is 200 g/mol. The van der Waals surface area contributed by atoms with Crippen molar-refractivity contribution in [3.8, 4) is 5.82 Å². The van der Waals surface area contributed by atoms with Gasteiger partial charge in [0, 0.05) is 18.5 Å². The van der Waals surface area contributed by atoms with Gasteiger partial charge in [0.2, 0.25) is 0 Å². The van der Waals surface area contributed by atoms with E-state index in [0.717, 1.165) is 11.1 Å². The maximum absolute atomic E-state index is 11.6. The molecule has 0 aromatic carbocycles. The number of aryl methyl sites for hydroxylation is 2. The van der Waals surface area contributed by atoms with Crippen molar-refractivity contribution in [1.29, 1.82) is 0 Å². The Kier molecular flexibility index (Phi) is 2.37. The highest BCUT2D eigenvalue weighted by atomic mass is 16.1. The van der Waals surface area contributed by atoms with E-state index in [0.29, 0.717) is 5.82 Å². The molecule has 0 atom stereocenters. The zero-order valence-corrected chi connectivity index (χ0v) is 8.77. The molecule has 76 valence electrons. The standard InChI is InChI=1S/C12H12N2O/c1-9-3-5-11(13-7-9)14-8-10(2)4-6-12(14)15/h3-8H,1-2H3. The Morgan fingerprint density at radius 3 is 2.47 bits per heavy atom. The molecule has 2 aromatic rings. The summed E-state index contributed by atoms with van der Waals surface area (Å²) in [7, 11) is 0. The van der Waals surface area contributed by atoms with Crippen LogP contribution in [0.5, 0.6) is 0 Å². The van der Waals surface area contributed by atoms with Crippen LogP contribution in [-0.4, -0.2) is 9.55 Å². The fourth-order valence-electron chi connectivity index (χ4n) is 1.37. The van der Waals surface area contributed by atoms with E-state index in [2.05, 4.69) is 4.98 Å². The molecule has 0 saturated carbocycles. The van der Waals surface area contributed by atoms with Gasteiger partial charge in [-0.25, -0.2) is 4.98 Å². The van der Waals surface area contributed by atoms with Crippen LogP contribution >= 0.6 is 0 Å². The van der Waals surface area contributed by atoms with Gasteiger partial charge in [0.05, 0.1) is 0 Å². The monoisotopic (exact) mass is 200 g/mol. The third-order valence-electron chi connectivity index (χ3n) is 2.20. The van der Waals surface area contributed by atoms with Gasteiger partial charge in [-0.3, -0.25) is 9.36 Å². The molecular formula is C12H12N2O. The summed E-state index contributed by atoms with van der Waals surface area (Å²) in [6, 6.07) is 7.14. The minimum Gasteiger partial charge on any atom is -0.269 e. The van der Waals surface area contributed by atoms with Crippen LogP contribution < -0.4 is 5.56 Å². The minimum atomic E-state index is -0.0584. The van der Waals surface area contributed by atoms with Gasteiger partial charge < -0.3 is 0 Å². The molecule has 0 aliphatic rings. The van der Waals surface area contributed by atoms with Crippen molar-refractivity contribution >= 4 is 0 Å². The second kappa shape index (κ2) is 3.69. The molecule has 3 nitrogen and oxygen atoms in total. The number of nitrogens with zero attached hydrogens (tertiary/aromatic N) is 2. The minimum absolute atomic E-state index is 0.0584. The van der Waals surface area contributed by atoms with Crippen LogP contribution in [0.3, 0.4) is 0 Å². The van der Waals surface area contributed by atoms with Crippen molar-refractivity contribution in [3.63, 3.8) is 0 Å². The van der Waals surface area contributed by atoms with Gasteiger partial charge in [-0.1, -0.05) is 12.1 Å². The highest BCUT2D eigenvalue weighted by molar-refractivity contribution is 5.26. The van der Waals surface area contributed by atoms with Crippen molar-refractivity contribution < 1.29 is 0 Å². The normalized spacial score (nSPS) is 10.3. The van der Waals surface area contributed by atoms with E-state index in [1.165, 1.54) is 0 Å². The van der Waals surface area contributed by atoms with Gasteiger partial charge >= 0.3 is 0 Å². The maximum atomic E-state index is 11.6. The van der Waals surface area contributed by atoms with E-state index < -0.39 is 0 Å².